The van der Waals surface area contributed by atoms with Crippen LogP contribution in [0.25, 0.3) is 5.52 Å². The Bertz CT molecular complexity index is 656. The molecule has 6 heteroatoms. The van der Waals surface area contributed by atoms with E-state index in [1.54, 1.807) is 53.3 Å². The number of hydrogen-bond acceptors (Lipinski definition) is 4. The van der Waals surface area contributed by atoms with Crippen LogP contribution in [0.2, 0.25) is 0 Å². The number of nitrogens with zero attached hydrogens (tertiary/aromatic N) is 5. The average molecular weight is 229 g/mol. The van der Waals surface area contributed by atoms with Gasteiger partial charge in [-0.05, 0) is 6.07 Å². The van der Waals surface area contributed by atoms with E-state index in [2.05, 4.69) is 15.2 Å². The van der Waals surface area contributed by atoms with Crippen molar-refractivity contribution < 1.29 is 5.11 Å². The van der Waals surface area contributed by atoms with E-state index in [-0.39, 0.29) is 0 Å². The Morgan fingerprint density at radius 3 is 2.88 bits per heavy atom. The molecule has 3 heterocycles. The van der Waals surface area contributed by atoms with Crippen molar-refractivity contribution in [3.8, 4) is 0 Å². The summed E-state index contributed by atoms with van der Waals surface area (Å²) in [5, 5.41) is 18.5. The highest BCUT2D eigenvalue weighted by Crippen LogP contribution is 2.24. The van der Waals surface area contributed by atoms with Crippen LogP contribution in [0.4, 0.5) is 0 Å². The summed E-state index contributed by atoms with van der Waals surface area (Å²) in [6, 6.07) is 1.78. The minimum atomic E-state index is -0.746. The molecule has 0 spiro atoms. The zero-order valence-corrected chi connectivity index (χ0v) is 9.22. The molecule has 0 aliphatic rings. The molecule has 1 unspecified atom stereocenters. The van der Waals surface area contributed by atoms with Gasteiger partial charge < -0.3 is 5.11 Å². The van der Waals surface area contributed by atoms with Crippen molar-refractivity contribution in [1.29, 1.82) is 0 Å². The van der Waals surface area contributed by atoms with Gasteiger partial charge in [0.2, 0.25) is 0 Å². The van der Waals surface area contributed by atoms with Gasteiger partial charge in [0, 0.05) is 31.2 Å². The number of fused-ring (bicyclic) bond motifs is 1. The van der Waals surface area contributed by atoms with E-state index in [4.69, 9.17) is 0 Å². The minimum Gasteiger partial charge on any atom is -0.382 e. The van der Waals surface area contributed by atoms with E-state index in [0.29, 0.717) is 0 Å². The van der Waals surface area contributed by atoms with Crippen LogP contribution in [0.5, 0.6) is 0 Å². The predicted molar refractivity (Wildman–Crippen MR) is 60.3 cm³/mol. The molecular weight excluding hydrogens is 218 g/mol. The molecule has 0 fully saturated rings. The van der Waals surface area contributed by atoms with Crippen LogP contribution in [0.3, 0.4) is 0 Å². The molecule has 0 radical (unpaired) electrons. The first-order valence-electron chi connectivity index (χ1n) is 5.20. The van der Waals surface area contributed by atoms with Gasteiger partial charge in [0.1, 0.15) is 6.10 Å². The van der Waals surface area contributed by atoms with Crippen LogP contribution in [0, 0.1) is 0 Å². The lowest BCUT2D eigenvalue weighted by molar-refractivity contribution is 0.211. The van der Waals surface area contributed by atoms with Crippen molar-refractivity contribution in [2.24, 2.45) is 7.05 Å². The second-order valence-electron chi connectivity index (χ2n) is 3.79. The Kier molecular flexibility index (Phi) is 2.15. The van der Waals surface area contributed by atoms with Gasteiger partial charge in [-0.2, -0.15) is 10.2 Å². The minimum absolute atomic E-state index is 0.724. The van der Waals surface area contributed by atoms with Crippen molar-refractivity contribution in [2.75, 3.05) is 0 Å². The summed E-state index contributed by atoms with van der Waals surface area (Å²) in [6.07, 6.45) is 7.64. The Morgan fingerprint density at radius 1 is 1.24 bits per heavy atom. The van der Waals surface area contributed by atoms with Gasteiger partial charge in [0.05, 0.1) is 23.6 Å². The molecule has 1 atom stereocenters. The molecule has 0 amide bonds. The van der Waals surface area contributed by atoms with Crippen LogP contribution < -0.4 is 0 Å². The van der Waals surface area contributed by atoms with Crippen molar-refractivity contribution >= 4 is 5.52 Å². The normalized spacial score (nSPS) is 13.1. The van der Waals surface area contributed by atoms with Crippen LogP contribution >= 0.6 is 0 Å². The summed E-state index contributed by atoms with van der Waals surface area (Å²) in [6.45, 7) is 0. The van der Waals surface area contributed by atoms with Gasteiger partial charge in [-0.1, -0.05) is 0 Å². The first kappa shape index (κ1) is 9.98. The van der Waals surface area contributed by atoms with E-state index in [1.807, 2.05) is 0 Å². The standard InChI is InChI=1S/C11H11N5O/c1-15-9(2-3-13-15)11(17)8-6-14-16-5-4-12-7-10(8)16/h2-7,11,17H,1H3. The fourth-order valence-electron chi connectivity index (χ4n) is 1.88. The van der Waals surface area contributed by atoms with Gasteiger partial charge in [-0.3, -0.25) is 9.67 Å². The smallest absolute Gasteiger partial charge is 0.124 e. The molecule has 1 N–H and O–H groups in total. The monoisotopic (exact) mass is 229 g/mol. The maximum atomic E-state index is 10.3. The van der Waals surface area contributed by atoms with Crippen molar-refractivity contribution in [3.05, 3.63) is 48.3 Å². The lowest BCUT2D eigenvalue weighted by Gasteiger charge is -2.09. The van der Waals surface area contributed by atoms with Crippen molar-refractivity contribution in [3.63, 3.8) is 0 Å². The van der Waals surface area contributed by atoms with Gasteiger partial charge in [-0.15, -0.1) is 0 Å². The lowest BCUT2D eigenvalue weighted by atomic mass is 10.1. The molecule has 0 saturated heterocycles. The van der Waals surface area contributed by atoms with Gasteiger partial charge in [-0.25, -0.2) is 4.52 Å². The van der Waals surface area contributed by atoms with E-state index in [9.17, 15) is 5.11 Å². The van der Waals surface area contributed by atoms with Gasteiger partial charge in [0.25, 0.3) is 0 Å². The Balaban J connectivity index is 2.13. The highest BCUT2D eigenvalue weighted by atomic mass is 16.3. The molecule has 17 heavy (non-hydrogen) atoms. The summed E-state index contributed by atoms with van der Waals surface area (Å²) in [7, 11) is 1.79. The fraction of sp³-hybridized carbons (Fsp3) is 0.182. The van der Waals surface area contributed by atoms with E-state index >= 15 is 0 Å². The van der Waals surface area contributed by atoms with Gasteiger partial charge >= 0.3 is 0 Å². The summed E-state index contributed by atoms with van der Waals surface area (Å²) in [4.78, 5) is 4.04. The molecule has 0 saturated carbocycles. The van der Waals surface area contributed by atoms with Crippen LogP contribution in [0.1, 0.15) is 17.4 Å². The number of aliphatic hydroxyl groups is 1. The zero-order valence-electron chi connectivity index (χ0n) is 9.22. The SMILES string of the molecule is Cn1nccc1C(O)c1cnn2ccncc12. The topological polar surface area (TPSA) is 68.2 Å². The first-order chi connectivity index (χ1) is 8.27. The Hall–Kier alpha value is -2.21. The van der Waals surface area contributed by atoms with Gasteiger partial charge in [0.15, 0.2) is 0 Å². The maximum Gasteiger partial charge on any atom is 0.124 e. The average Bonchev–Trinajstić information content (AvgIpc) is 2.94. The highest BCUT2D eigenvalue weighted by molar-refractivity contribution is 5.54. The number of rotatable bonds is 2. The molecule has 0 aromatic carbocycles. The first-order valence-corrected chi connectivity index (χ1v) is 5.20. The van der Waals surface area contributed by atoms with E-state index in [1.165, 1.54) is 0 Å². The van der Waals surface area contributed by atoms with Crippen LogP contribution in [0.15, 0.2) is 37.1 Å². The van der Waals surface area contributed by atoms with Crippen molar-refractivity contribution in [1.82, 2.24) is 24.4 Å². The molecule has 86 valence electrons. The summed E-state index contributed by atoms with van der Waals surface area (Å²) in [5.41, 5.74) is 2.24. The quantitative estimate of drug-likeness (QED) is 0.696. The number of hydrogen-bond donors (Lipinski definition) is 1. The highest BCUT2D eigenvalue weighted by Gasteiger charge is 2.18. The molecule has 0 aliphatic carbocycles. The summed E-state index contributed by atoms with van der Waals surface area (Å²) in [5.74, 6) is 0. The third kappa shape index (κ3) is 1.50. The third-order valence-electron chi connectivity index (χ3n) is 2.79. The molecule has 3 aromatic rings. The molecule has 0 bridgehead atoms. The van der Waals surface area contributed by atoms with Crippen molar-refractivity contribution in [2.45, 2.75) is 6.10 Å². The Morgan fingerprint density at radius 2 is 2.12 bits per heavy atom. The maximum absolute atomic E-state index is 10.3. The number of aromatic nitrogens is 5. The molecular formula is C11H11N5O. The number of aryl methyl sites for hydroxylation is 1. The van der Waals surface area contributed by atoms with Crippen LogP contribution in [-0.2, 0) is 7.05 Å². The van der Waals surface area contributed by atoms with E-state index in [0.717, 1.165) is 16.8 Å². The lowest BCUT2D eigenvalue weighted by Crippen LogP contribution is -2.06. The number of aliphatic hydroxyl groups excluding tert-OH is 1. The largest absolute Gasteiger partial charge is 0.382 e. The fourth-order valence-corrected chi connectivity index (χ4v) is 1.88. The Labute approximate surface area is 97.1 Å². The molecule has 0 aliphatic heterocycles. The molecule has 3 aromatic heterocycles. The second kappa shape index (κ2) is 3.67. The summed E-state index contributed by atoms with van der Waals surface area (Å²) < 4.78 is 3.33. The second-order valence-corrected chi connectivity index (χ2v) is 3.79. The third-order valence-corrected chi connectivity index (χ3v) is 2.79. The van der Waals surface area contributed by atoms with E-state index < -0.39 is 6.10 Å². The molecule has 3 rings (SSSR count). The zero-order chi connectivity index (χ0) is 11.8. The van der Waals surface area contributed by atoms with Crippen LogP contribution in [-0.4, -0.2) is 29.5 Å². The molecule has 6 nitrogen and oxygen atoms in total. The summed E-state index contributed by atoms with van der Waals surface area (Å²) >= 11 is 0. The predicted octanol–water partition coefficient (Wildman–Crippen LogP) is 0.544.